The van der Waals surface area contributed by atoms with Crippen LogP contribution in [0.25, 0.3) is 11.6 Å². The predicted molar refractivity (Wildman–Crippen MR) is 108 cm³/mol. The zero-order valence-electron chi connectivity index (χ0n) is 15.5. The van der Waals surface area contributed by atoms with Gasteiger partial charge in [0.25, 0.3) is 11.8 Å². The lowest BCUT2D eigenvalue weighted by Crippen LogP contribution is -2.32. The number of carbonyl (C=O) groups excluding carboxylic acids is 2. The van der Waals surface area contributed by atoms with Crippen LogP contribution in [-0.2, 0) is 14.4 Å². The van der Waals surface area contributed by atoms with Gasteiger partial charge >= 0.3 is 5.97 Å². The highest BCUT2D eigenvalue weighted by Crippen LogP contribution is 2.38. The molecule has 2 aromatic carbocycles. The van der Waals surface area contributed by atoms with Crippen molar-refractivity contribution >= 4 is 46.7 Å². The van der Waals surface area contributed by atoms with Crippen LogP contribution in [0.4, 0.5) is 5.69 Å². The summed E-state index contributed by atoms with van der Waals surface area (Å²) < 4.78 is 10.4. The summed E-state index contributed by atoms with van der Waals surface area (Å²) >= 11 is 5.97. The molecule has 0 radical (unpaired) electrons. The SMILES string of the molecule is COc1ccc(C=CC(=O)N2C(=O)/C(=C/C(=O)O)c3cc(Cl)ccc32)cc1OC. The third-order valence-electron chi connectivity index (χ3n) is 4.24. The number of amides is 2. The van der Waals surface area contributed by atoms with Gasteiger partial charge in [-0.05, 0) is 42.0 Å². The summed E-state index contributed by atoms with van der Waals surface area (Å²) in [5, 5.41) is 9.38. The van der Waals surface area contributed by atoms with Gasteiger partial charge in [0, 0.05) is 22.7 Å². The molecule has 8 heteroatoms. The maximum absolute atomic E-state index is 12.7. The molecule has 1 heterocycles. The van der Waals surface area contributed by atoms with E-state index >= 15 is 0 Å². The first-order valence-corrected chi connectivity index (χ1v) is 8.76. The Morgan fingerprint density at radius 1 is 1.07 bits per heavy atom. The second-order valence-corrected chi connectivity index (χ2v) is 6.42. The first kappa shape index (κ1) is 20.2. The highest BCUT2D eigenvalue weighted by atomic mass is 35.5. The van der Waals surface area contributed by atoms with E-state index in [2.05, 4.69) is 0 Å². The van der Waals surface area contributed by atoms with Gasteiger partial charge in [-0.3, -0.25) is 9.59 Å². The van der Waals surface area contributed by atoms with Gasteiger partial charge in [-0.2, -0.15) is 0 Å². The first-order valence-electron chi connectivity index (χ1n) is 8.38. The average molecular weight is 414 g/mol. The number of hydrogen-bond acceptors (Lipinski definition) is 5. The minimum Gasteiger partial charge on any atom is -0.493 e. The van der Waals surface area contributed by atoms with Gasteiger partial charge in [0.1, 0.15) is 0 Å². The number of benzene rings is 2. The lowest BCUT2D eigenvalue weighted by atomic mass is 10.1. The molecule has 2 aromatic rings. The number of methoxy groups -OCH3 is 2. The summed E-state index contributed by atoms with van der Waals surface area (Å²) in [6.45, 7) is 0. The molecule has 3 rings (SSSR count). The van der Waals surface area contributed by atoms with E-state index in [1.807, 2.05) is 0 Å². The Balaban J connectivity index is 1.94. The number of ether oxygens (including phenoxy) is 2. The van der Waals surface area contributed by atoms with Crippen molar-refractivity contribution in [1.82, 2.24) is 0 Å². The van der Waals surface area contributed by atoms with Crippen LogP contribution in [0, 0.1) is 0 Å². The summed E-state index contributed by atoms with van der Waals surface area (Å²) in [5.74, 6) is -1.62. The average Bonchev–Trinajstić information content (AvgIpc) is 2.96. The van der Waals surface area contributed by atoms with E-state index in [4.69, 9.17) is 26.2 Å². The van der Waals surface area contributed by atoms with E-state index in [-0.39, 0.29) is 16.8 Å². The third kappa shape index (κ3) is 4.00. The molecule has 148 valence electrons. The van der Waals surface area contributed by atoms with E-state index in [1.54, 1.807) is 18.2 Å². The Labute approximate surface area is 171 Å². The van der Waals surface area contributed by atoms with Gasteiger partial charge in [0.05, 0.1) is 25.5 Å². The molecule has 0 saturated heterocycles. The molecular weight excluding hydrogens is 398 g/mol. The molecule has 1 aliphatic heterocycles. The molecule has 1 aliphatic rings. The highest BCUT2D eigenvalue weighted by Gasteiger charge is 2.36. The van der Waals surface area contributed by atoms with Crippen LogP contribution in [0.3, 0.4) is 0 Å². The fourth-order valence-electron chi connectivity index (χ4n) is 2.94. The topological polar surface area (TPSA) is 93.1 Å². The fourth-order valence-corrected chi connectivity index (χ4v) is 3.12. The Hall–Kier alpha value is -3.58. The summed E-state index contributed by atoms with van der Waals surface area (Å²) in [4.78, 5) is 37.5. The summed E-state index contributed by atoms with van der Waals surface area (Å²) in [6.07, 6.45) is 3.51. The van der Waals surface area contributed by atoms with Crippen LogP contribution in [0.2, 0.25) is 5.02 Å². The van der Waals surface area contributed by atoms with Crippen LogP contribution < -0.4 is 14.4 Å². The number of halogens is 1. The van der Waals surface area contributed by atoms with Crippen LogP contribution in [0.1, 0.15) is 11.1 Å². The van der Waals surface area contributed by atoms with Crippen molar-refractivity contribution in [2.24, 2.45) is 0 Å². The largest absolute Gasteiger partial charge is 0.493 e. The van der Waals surface area contributed by atoms with Gasteiger partial charge in [-0.25, -0.2) is 9.69 Å². The molecule has 0 unspecified atom stereocenters. The molecule has 0 spiro atoms. The molecule has 0 fully saturated rings. The van der Waals surface area contributed by atoms with Crippen molar-refractivity contribution < 1.29 is 29.0 Å². The molecule has 2 amide bonds. The first-order chi connectivity index (χ1) is 13.8. The second-order valence-electron chi connectivity index (χ2n) is 5.98. The summed E-state index contributed by atoms with van der Waals surface area (Å²) in [5.41, 5.74) is 1.11. The van der Waals surface area contributed by atoms with Crippen LogP contribution in [0.15, 0.2) is 48.6 Å². The third-order valence-corrected chi connectivity index (χ3v) is 4.47. The van der Waals surface area contributed by atoms with Crippen LogP contribution in [0.5, 0.6) is 11.5 Å². The number of carboxylic acids is 1. The maximum atomic E-state index is 12.7. The standard InChI is InChI=1S/C21H16ClNO6/c1-28-17-7-3-12(9-18(17)29-2)4-8-19(24)23-16-6-5-13(22)10-14(16)15(21(23)27)11-20(25)26/h3-11H,1-2H3,(H,25,26)/b8-4?,15-11+. The number of rotatable bonds is 5. The fraction of sp³-hybridized carbons (Fsp3) is 0.0952. The zero-order valence-corrected chi connectivity index (χ0v) is 16.3. The van der Waals surface area contributed by atoms with E-state index in [1.165, 1.54) is 44.6 Å². The van der Waals surface area contributed by atoms with Crippen molar-refractivity contribution in [3.8, 4) is 11.5 Å². The number of nitrogens with zero attached hydrogens (tertiary/aromatic N) is 1. The molecule has 29 heavy (non-hydrogen) atoms. The molecule has 7 nitrogen and oxygen atoms in total. The van der Waals surface area contributed by atoms with Gasteiger partial charge in [0.2, 0.25) is 0 Å². The van der Waals surface area contributed by atoms with Gasteiger partial charge in [0.15, 0.2) is 11.5 Å². The van der Waals surface area contributed by atoms with Crippen molar-refractivity contribution in [3.63, 3.8) is 0 Å². The minimum atomic E-state index is -1.30. The van der Waals surface area contributed by atoms with E-state index in [9.17, 15) is 14.4 Å². The molecule has 0 aromatic heterocycles. The summed E-state index contributed by atoms with van der Waals surface area (Å²) in [6, 6.07) is 9.57. The Bertz CT molecular complexity index is 1070. The summed E-state index contributed by atoms with van der Waals surface area (Å²) in [7, 11) is 3.01. The maximum Gasteiger partial charge on any atom is 0.329 e. The quantitative estimate of drug-likeness (QED) is 0.755. The van der Waals surface area contributed by atoms with Gasteiger partial charge in [-0.1, -0.05) is 17.7 Å². The van der Waals surface area contributed by atoms with E-state index in [0.29, 0.717) is 22.1 Å². The molecule has 0 bridgehead atoms. The van der Waals surface area contributed by atoms with Crippen molar-refractivity contribution in [2.45, 2.75) is 0 Å². The molecular formula is C21H16ClNO6. The number of imide groups is 1. The number of carbonyl (C=O) groups is 3. The molecule has 0 saturated carbocycles. The molecule has 0 atom stereocenters. The van der Waals surface area contributed by atoms with Gasteiger partial charge < -0.3 is 14.6 Å². The van der Waals surface area contributed by atoms with Crippen molar-refractivity contribution in [2.75, 3.05) is 19.1 Å². The van der Waals surface area contributed by atoms with Crippen molar-refractivity contribution in [3.05, 3.63) is 64.7 Å². The van der Waals surface area contributed by atoms with Gasteiger partial charge in [-0.15, -0.1) is 0 Å². The Morgan fingerprint density at radius 2 is 1.79 bits per heavy atom. The van der Waals surface area contributed by atoms with E-state index in [0.717, 1.165) is 11.0 Å². The Kier molecular flexibility index (Phi) is 5.70. The number of carboxylic acid groups (broad SMARTS) is 1. The number of fused-ring (bicyclic) bond motifs is 1. The number of aliphatic carboxylic acids is 1. The predicted octanol–water partition coefficient (Wildman–Crippen LogP) is 3.41. The minimum absolute atomic E-state index is 0.108. The monoisotopic (exact) mass is 413 g/mol. The van der Waals surface area contributed by atoms with E-state index < -0.39 is 17.8 Å². The number of anilines is 1. The second kappa shape index (κ2) is 8.20. The van der Waals surface area contributed by atoms with Crippen LogP contribution >= 0.6 is 11.6 Å². The zero-order chi connectivity index (χ0) is 21.1. The highest BCUT2D eigenvalue weighted by molar-refractivity contribution is 6.43. The molecule has 1 N–H and O–H groups in total. The Morgan fingerprint density at radius 3 is 2.45 bits per heavy atom. The molecule has 0 aliphatic carbocycles. The normalized spacial score (nSPS) is 14.4. The smallest absolute Gasteiger partial charge is 0.329 e. The lowest BCUT2D eigenvalue weighted by molar-refractivity contribution is -0.131. The number of hydrogen-bond donors (Lipinski definition) is 1. The van der Waals surface area contributed by atoms with Crippen molar-refractivity contribution in [1.29, 1.82) is 0 Å². The van der Waals surface area contributed by atoms with Crippen LogP contribution in [-0.4, -0.2) is 37.1 Å². The lowest BCUT2D eigenvalue weighted by Gasteiger charge is -2.13.